The van der Waals surface area contributed by atoms with E-state index in [1.807, 2.05) is 35.2 Å². The van der Waals surface area contributed by atoms with Gasteiger partial charge in [0.05, 0.1) is 10.6 Å². The molecular weight excluding hydrogens is 405 g/mol. The van der Waals surface area contributed by atoms with Crippen molar-refractivity contribution in [3.05, 3.63) is 99.1 Å². The summed E-state index contributed by atoms with van der Waals surface area (Å²) in [6.45, 7) is 1.04. The Bertz CT molecular complexity index is 1300. The molecule has 4 nitrogen and oxygen atoms in total. The fourth-order valence-electron chi connectivity index (χ4n) is 3.86. The fourth-order valence-corrected chi connectivity index (χ4v) is 4.14. The van der Waals surface area contributed by atoms with Gasteiger partial charge in [0.2, 0.25) is 0 Å². The summed E-state index contributed by atoms with van der Waals surface area (Å²) < 4.78 is 25.6. The largest absolute Gasteiger partial charge is 0.476 e. The summed E-state index contributed by atoms with van der Waals surface area (Å²) >= 11 is 6.53. The Balaban J connectivity index is 1.62. The van der Waals surface area contributed by atoms with Gasteiger partial charge < -0.3 is 9.15 Å². The molecule has 2 heterocycles. The van der Waals surface area contributed by atoms with Crippen molar-refractivity contribution in [1.82, 2.24) is 4.90 Å². The third-order valence-electron chi connectivity index (χ3n) is 5.25. The smallest absolute Gasteiger partial charge is 0.336 e. The first kappa shape index (κ1) is 18.9. The van der Waals surface area contributed by atoms with Gasteiger partial charge in [-0.25, -0.2) is 9.18 Å². The molecule has 0 atom stereocenters. The van der Waals surface area contributed by atoms with Crippen LogP contribution in [0.1, 0.15) is 11.1 Å². The zero-order chi connectivity index (χ0) is 20.7. The highest BCUT2D eigenvalue weighted by molar-refractivity contribution is 6.33. The van der Waals surface area contributed by atoms with Crippen LogP contribution >= 0.6 is 11.6 Å². The van der Waals surface area contributed by atoms with E-state index in [0.717, 1.165) is 16.5 Å². The summed E-state index contributed by atoms with van der Waals surface area (Å²) in [6.07, 6.45) is 0. The molecule has 0 aliphatic carbocycles. The van der Waals surface area contributed by atoms with Gasteiger partial charge in [-0.2, -0.15) is 0 Å². The van der Waals surface area contributed by atoms with Crippen LogP contribution in [-0.4, -0.2) is 11.6 Å². The van der Waals surface area contributed by atoms with Gasteiger partial charge in [-0.15, -0.1) is 0 Å². The number of rotatable bonds is 3. The number of halogens is 2. The average Bonchev–Trinajstić information content (AvgIpc) is 2.76. The Morgan fingerprint density at radius 2 is 1.80 bits per heavy atom. The zero-order valence-corrected chi connectivity index (χ0v) is 16.7. The first-order valence-corrected chi connectivity index (χ1v) is 9.91. The first-order valence-electron chi connectivity index (χ1n) is 9.53. The lowest BCUT2D eigenvalue weighted by molar-refractivity contribution is 0.0880. The molecule has 4 aromatic rings. The molecule has 6 heteroatoms. The summed E-state index contributed by atoms with van der Waals surface area (Å²) in [7, 11) is 0. The summed E-state index contributed by atoms with van der Waals surface area (Å²) in [6, 6.07) is 19.5. The van der Waals surface area contributed by atoms with Crippen LogP contribution in [0.2, 0.25) is 5.02 Å². The number of nitrogens with zero attached hydrogens (tertiary/aromatic N) is 1. The van der Waals surface area contributed by atoms with Crippen LogP contribution in [0.5, 0.6) is 5.75 Å². The molecule has 5 rings (SSSR count). The lowest BCUT2D eigenvalue weighted by Crippen LogP contribution is -2.32. The van der Waals surface area contributed by atoms with Gasteiger partial charge in [-0.05, 0) is 23.3 Å². The molecule has 0 radical (unpaired) electrons. The highest BCUT2D eigenvalue weighted by Gasteiger charge is 2.26. The van der Waals surface area contributed by atoms with E-state index in [-0.39, 0.29) is 12.5 Å². The number of benzene rings is 3. The molecule has 3 aromatic carbocycles. The summed E-state index contributed by atoms with van der Waals surface area (Å²) in [5.41, 5.74) is 2.90. The molecule has 0 saturated heterocycles. The van der Waals surface area contributed by atoms with Gasteiger partial charge >= 0.3 is 5.63 Å². The second kappa shape index (κ2) is 7.59. The van der Waals surface area contributed by atoms with Crippen LogP contribution in [0.25, 0.3) is 22.1 Å². The minimum Gasteiger partial charge on any atom is -0.476 e. The van der Waals surface area contributed by atoms with E-state index >= 15 is 0 Å². The van der Waals surface area contributed by atoms with Crippen molar-refractivity contribution in [2.45, 2.75) is 13.1 Å². The maximum Gasteiger partial charge on any atom is 0.336 e. The van der Waals surface area contributed by atoms with Gasteiger partial charge in [-0.1, -0.05) is 60.1 Å². The van der Waals surface area contributed by atoms with E-state index < -0.39 is 5.63 Å². The predicted octanol–water partition coefficient (Wildman–Crippen LogP) is 5.60. The summed E-state index contributed by atoms with van der Waals surface area (Å²) in [5.74, 6) is 0.236. The number of hydrogen-bond acceptors (Lipinski definition) is 4. The lowest BCUT2D eigenvalue weighted by atomic mass is 9.99. The standard InChI is InChI=1S/C24H17ClFNO3/c25-20-10-18-17(15-6-2-1-3-7-15)11-22(28)30-23(18)19-13-27(14-29-24(19)20)12-16-8-4-5-9-21(16)26/h1-11H,12-14H2. The SMILES string of the molecule is O=c1cc(-c2ccccc2)c2cc(Cl)c3c(c2o1)CN(Cc1ccccc1F)CO3. The van der Waals surface area contributed by atoms with Crippen LogP contribution < -0.4 is 10.4 Å². The fraction of sp³-hybridized carbons (Fsp3) is 0.125. The molecule has 30 heavy (non-hydrogen) atoms. The predicted molar refractivity (Wildman–Crippen MR) is 114 cm³/mol. The Kier molecular flexibility index (Phi) is 4.77. The molecule has 0 bridgehead atoms. The van der Waals surface area contributed by atoms with Gasteiger partial charge in [-0.3, -0.25) is 4.90 Å². The topological polar surface area (TPSA) is 42.7 Å². The van der Waals surface area contributed by atoms with E-state index in [9.17, 15) is 9.18 Å². The van der Waals surface area contributed by atoms with Crippen molar-refractivity contribution in [1.29, 1.82) is 0 Å². The Morgan fingerprint density at radius 3 is 2.60 bits per heavy atom. The van der Waals surface area contributed by atoms with Crippen molar-refractivity contribution in [3.8, 4) is 16.9 Å². The van der Waals surface area contributed by atoms with Crippen molar-refractivity contribution >= 4 is 22.6 Å². The maximum atomic E-state index is 14.1. The highest BCUT2D eigenvalue weighted by Crippen LogP contribution is 2.41. The van der Waals surface area contributed by atoms with Gasteiger partial charge in [0.15, 0.2) is 0 Å². The van der Waals surface area contributed by atoms with E-state index in [0.29, 0.717) is 40.6 Å². The lowest BCUT2D eigenvalue weighted by Gasteiger charge is -2.30. The van der Waals surface area contributed by atoms with Gasteiger partial charge in [0.25, 0.3) is 0 Å². The quantitative estimate of drug-likeness (QED) is 0.403. The Hall–Kier alpha value is -3.15. The van der Waals surface area contributed by atoms with Crippen molar-refractivity contribution in [3.63, 3.8) is 0 Å². The molecule has 1 aliphatic rings. The minimum atomic E-state index is -0.447. The third-order valence-corrected chi connectivity index (χ3v) is 5.53. The molecule has 1 aromatic heterocycles. The average molecular weight is 422 g/mol. The van der Waals surface area contributed by atoms with E-state index in [2.05, 4.69) is 0 Å². The van der Waals surface area contributed by atoms with Gasteiger partial charge in [0, 0.05) is 30.1 Å². The van der Waals surface area contributed by atoms with E-state index in [1.165, 1.54) is 12.1 Å². The third kappa shape index (κ3) is 3.36. The van der Waals surface area contributed by atoms with Crippen LogP contribution in [0.4, 0.5) is 4.39 Å². The molecule has 0 unspecified atom stereocenters. The zero-order valence-electron chi connectivity index (χ0n) is 15.9. The Morgan fingerprint density at radius 1 is 1.03 bits per heavy atom. The van der Waals surface area contributed by atoms with Crippen LogP contribution in [0.3, 0.4) is 0 Å². The van der Waals surface area contributed by atoms with Crippen LogP contribution in [0, 0.1) is 5.82 Å². The van der Waals surface area contributed by atoms with Crippen molar-refractivity contribution in [2.24, 2.45) is 0 Å². The number of fused-ring (bicyclic) bond motifs is 3. The number of ether oxygens (including phenoxy) is 1. The molecule has 150 valence electrons. The molecule has 1 aliphatic heterocycles. The molecule has 0 fully saturated rings. The monoisotopic (exact) mass is 421 g/mol. The van der Waals surface area contributed by atoms with Crippen LogP contribution in [-0.2, 0) is 13.1 Å². The first-order chi connectivity index (χ1) is 14.6. The summed E-state index contributed by atoms with van der Waals surface area (Å²) in [4.78, 5) is 14.3. The maximum absolute atomic E-state index is 14.1. The Labute approximate surface area is 177 Å². The molecular formula is C24H17ClFNO3. The molecule has 0 N–H and O–H groups in total. The van der Waals surface area contributed by atoms with E-state index in [1.54, 1.807) is 24.3 Å². The minimum absolute atomic E-state index is 0.259. The van der Waals surface area contributed by atoms with Crippen molar-refractivity contribution in [2.75, 3.05) is 6.73 Å². The molecule has 0 amide bonds. The summed E-state index contributed by atoms with van der Waals surface area (Å²) in [5, 5.41) is 1.19. The molecule has 0 saturated carbocycles. The molecule has 0 spiro atoms. The van der Waals surface area contributed by atoms with Crippen LogP contribution in [0.15, 0.2) is 75.9 Å². The van der Waals surface area contributed by atoms with Gasteiger partial charge in [0.1, 0.15) is 23.9 Å². The van der Waals surface area contributed by atoms with E-state index in [4.69, 9.17) is 20.8 Å². The normalized spacial score (nSPS) is 13.8. The van der Waals surface area contributed by atoms with Crippen molar-refractivity contribution < 1.29 is 13.5 Å². The second-order valence-corrected chi connectivity index (χ2v) is 7.65. The highest BCUT2D eigenvalue weighted by atomic mass is 35.5. The second-order valence-electron chi connectivity index (χ2n) is 7.24. The number of hydrogen-bond donors (Lipinski definition) is 0.